The lowest BCUT2D eigenvalue weighted by Gasteiger charge is -2.07. The number of halogens is 3. The highest BCUT2D eigenvalue weighted by molar-refractivity contribution is 7.84. The molecule has 6 heteroatoms. The highest BCUT2D eigenvalue weighted by Gasteiger charge is 2.13. The summed E-state index contributed by atoms with van der Waals surface area (Å²) in [7, 11) is -1.76. The van der Waals surface area contributed by atoms with Crippen molar-refractivity contribution in [1.82, 2.24) is 0 Å². The van der Waals surface area contributed by atoms with Crippen LogP contribution in [0.5, 0.6) is 0 Å². The largest absolute Gasteiger partial charge is 0.398 e. The Bertz CT molecular complexity index is 646. The van der Waals surface area contributed by atoms with Crippen molar-refractivity contribution < 1.29 is 17.4 Å². The van der Waals surface area contributed by atoms with Gasteiger partial charge >= 0.3 is 0 Å². The van der Waals surface area contributed by atoms with E-state index < -0.39 is 28.3 Å². The topological polar surface area (TPSA) is 43.1 Å². The van der Waals surface area contributed by atoms with Crippen molar-refractivity contribution in [1.29, 1.82) is 0 Å². The lowest BCUT2D eigenvalue weighted by atomic mass is 10.2. The Balaban J connectivity index is 2.28. The van der Waals surface area contributed by atoms with E-state index in [-0.39, 0.29) is 16.3 Å². The standard InChI is InChI=1S/C13H10F3NOS/c14-9-1-3-12(17)8(5-9)7-19(18)13-4-2-10(15)6-11(13)16/h1-6H,7,17H2. The minimum Gasteiger partial charge on any atom is -0.398 e. The number of hydrogen-bond acceptors (Lipinski definition) is 2. The zero-order valence-corrected chi connectivity index (χ0v) is 10.5. The maximum atomic E-state index is 13.4. The molecule has 100 valence electrons. The lowest BCUT2D eigenvalue weighted by molar-refractivity contribution is 0.562. The van der Waals surface area contributed by atoms with Gasteiger partial charge in [0.15, 0.2) is 0 Å². The van der Waals surface area contributed by atoms with Crippen LogP contribution in [0.25, 0.3) is 0 Å². The van der Waals surface area contributed by atoms with Gasteiger partial charge in [0.1, 0.15) is 17.5 Å². The first-order valence-corrected chi connectivity index (χ1v) is 6.66. The summed E-state index contributed by atoms with van der Waals surface area (Å²) in [6, 6.07) is 6.46. The monoisotopic (exact) mass is 285 g/mol. The van der Waals surface area contributed by atoms with Gasteiger partial charge in [-0.1, -0.05) is 0 Å². The second kappa shape index (κ2) is 5.44. The van der Waals surface area contributed by atoms with Gasteiger partial charge in [0, 0.05) is 11.8 Å². The first-order chi connectivity index (χ1) is 8.97. The molecule has 2 rings (SSSR count). The SMILES string of the molecule is Nc1ccc(F)cc1CS(=O)c1ccc(F)cc1F. The van der Waals surface area contributed by atoms with Crippen LogP contribution < -0.4 is 5.73 Å². The van der Waals surface area contributed by atoms with Crippen LogP contribution in [0.2, 0.25) is 0 Å². The second-order valence-corrected chi connectivity index (χ2v) is 5.33. The molecule has 2 N–H and O–H groups in total. The lowest BCUT2D eigenvalue weighted by Crippen LogP contribution is -2.03. The van der Waals surface area contributed by atoms with Crippen molar-refractivity contribution in [3.8, 4) is 0 Å². The quantitative estimate of drug-likeness (QED) is 0.881. The first-order valence-electron chi connectivity index (χ1n) is 5.34. The molecule has 0 saturated carbocycles. The van der Waals surface area contributed by atoms with Gasteiger partial charge in [0.2, 0.25) is 0 Å². The molecular weight excluding hydrogens is 275 g/mol. The molecule has 0 bridgehead atoms. The number of hydrogen-bond donors (Lipinski definition) is 1. The second-order valence-electron chi connectivity index (χ2n) is 3.91. The first kappa shape index (κ1) is 13.6. The molecule has 1 atom stereocenters. The Morgan fingerprint density at radius 1 is 1.00 bits per heavy atom. The number of rotatable bonds is 3. The zero-order chi connectivity index (χ0) is 14.0. The third-order valence-corrected chi connectivity index (χ3v) is 3.93. The molecule has 0 aromatic heterocycles. The van der Waals surface area contributed by atoms with E-state index in [4.69, 9.17) is 5.73 Å². The van der Waals surface area contributed by atoms with Crippen LogP contribution in [0.15, 0.2) is 41.3 Å². The van der Waals surface area contributed by atoms with Gasteiger partial charge in [-0.15, -0.1) is 0 Å². The summed E-state index contributed by atoms with van der Waals surface area (Å²) in [5.41, 5.74) is 6.22. The van der Waals surface area contributed by atoms with Crippen LogP contribution in [0.3, 0.4) is 0 Å². The third kappa shape index (κ3) is 3.14. The summed E-state index contributed by atoms with van der Waals surface area (Å²) >= 11 is 0. The van der Waals surface area contributed by atoms with E-state index in [0.29, 0.717) is 11.6 Å². The molecule has 0 aliphatic rings. The van der Waals surface area contributed by atoms with E-state index in [0.717, 1.165) is 18.2 Å². The van der Waals surface area contributed by atoms with Crippen molar-refractivity contribution in [3.63, 3.8) is 0 Å². The van der Waals surface area contributed by atoms with Crippen LogP contribution in [0.4, 0.5) is 18.9 Å². The van der Waals surface area contributed by atoms with Crippen LogP contribution in [0.1, 0.15) is 5.56 Å². The fraction of sp³-hybridized carbons (Fsp3) is 0.0769. The highest BCUT2D eigenvalue weighted by Crippen LogP contribution is 2.21. The minimum absolute atomic E-state index is 0.133. The van der Waals surface area contributed by atoms with Gasteiger partial charge in [-0.3, -0.25) is 4.21 Å². The number of anilines is 1. The summed E-state index contributed by atoms with van der Waals surface area (Å²) in [5.74, 6) is -2.29. The normalized spacial score (nSPS) is 12.4. The van der Waals surface area contributed by atoms with E-state index in [9.17, 15) is 17.4 Å². The third-order valence-electron chi connectivity index (χ3n) is 2.53. The summed E-state index contributed by atoms with van der Waals surface area (Å²) < 4.78 is 51.2. The molecule has 0 spiro atoms. The van der Waals surface area contributed by atoms with Crippen LogP contribution in [0, 0.1) is 17.5 Å². The predicted octanol–water partition coefficient (Wildman–Crippen LogP) is 2.99. The summed E-state index contributed by atoms with van der Waals surface area (Å²) in [4.78, 5) is -0.134. The Hall–Kier alpha value is -1.82. The van der Waals surface area contributed by atoms with Gasteiger partial charge < -0.3 is 5.73 Å². The molecule has 0 aliphatic heterocycles. The summed E-state index contributed by atoms with van der Waals surface area (Å²) in [6.07, 6.45) is 0. The number of benzene rings is 2. The Kier molecular flexibility index (Phi) is 3.90. The Morgan fingerprint density at radius 3 is 2.32 bits per heavy atom. The molecule has 0 aliphatic carbocycles. The van der Waals surface area contributed by atoms with Crippen molar-refractivity contribution >= 4 is 16.5 Å². The van der Waals surface area contributed by atoms with E-state index >= 15 is 0 Å². The van der Waals surface area contributed by atoms with E-state index in [2.05, 4.69) is 0 Å². The Morgan fingerprint density at radius 2 is 1.63 bits per heavy atom. The molecule has 2 aromatic carbocycles. The molecular formula is C13H10F3NOS. The fourth-order valence-corrected chi connectivity index (χ4v) is 2.76. The zero-order valence-electron chi connectivity index (χ0n) is 9.70. The van der Waals surface area contributed by atoms with Gasteiger partial charge in [-0.05, 0) is 35.9 Å². The van der Waals surface area contributed by atoms with Gasteiger partial charge in [0.05, 0.1) is 21.4 Å². The van der Waals surface area contributed by atoms with Crippen molar-refractivity contribution in [2.75, 3.05) is 5.73 Å². The molecule has 19 heavy (non-hydrogen) atoms. The van der Waals surface area contributed by atoms with Crippen molar-refractivity contribution in [2.45, 2.75) is 10.6 Å². The molecule has 0 radical (unpaired) electrons. The Labute approximate surface area is 110 Å². The molecule has 2 aromatic rings. The number of nitrogen functional groups attached to an aromatic ring is 1. The van der Waals surface area contributed by atoms with Crippen molar-refractivity contribution in [2.24, 2.45) is 0 Å². The summed E-state index contributed by atoms with van der Waals surface area (Å²) in [6.45, 7) is 0. The van der Waals surface area contributed by atoms with Crippen molar-refractivity contribution in [3.05, 3.63) is 59.4 Å². The molecule has 0 heterocycles. The number of nitrogens with two attached hydrogens (primary N) is 1. The maximum absolute atomic E-state index is 13.4. The molecule has 1 unspecified atom stereocenters. The smallest absolute Gasteiger partial charge is 0.142 e. The van der Waals surface area contributed by atoms with Gasteiger partial charge in [-0.25, -0.2) is 13.2 Å². The van der Waals surface area contributed by atoms with Crippen LogP contribution in [-0.2, 0) is 16.6 Å². The molecule has 0 saturated heterocycles. The van der Waals surface area contributed by atoms with E-state index in [1.54, 1.807) is 0 Å². The van der Waals surface area contributed by atoms with Crippen LogP contribution in [-0.4, -0.2) is 4.21 Å². The average Bonchev–Trinajstić information content (AvgIpc) is 2.33. The molecule has 0 fully saturated rings. The summed E-state index contributed by atoms with van der Waals surface area (Å²) in [5, 5.41) is 0. The maximum Gasteiger partial charge on any atom is 0.142 e. The molecule has 0 amide bonds. The van der Waals surface area contributed by atoms with Gasteiger partial charge in [0.25, 0.3) is 0 Å². The molecule has 2 nitrogen and oxygen atoms in total. The average molecular weight is 285 g/mol. The van der Waals surface area contributed by atoms with E-state index in [1.165, 1.54) is 12.1 Å². The van der Waals surface area contributed by atoms with Gasteiger partial charge in [-0.2, -0.15) is 0 Å². The van der Waals surface area contributed by atoms with Crippen LogP contribution >= 0.6 is 0 Å². The van der Waals surface area contributed by atoms with E-state index in [1.807, 2.05) is 0 Å². The predicted molar refractivity (Wildman–Crippen MR) is 67.3 cm³/mol. The highest BCUT2D eigenvalue weighted by atomic mass is 32.2. The minimum atomic E-state index is -1.76. The fourth-order valence-electron chi connectivity index (χ4n) is 1.58.